The van der Waals surface area contributed by atoms with E-state index in [0.29, 0.717) is 40.2 Å². The molecule has 0 saturated carbocycles. The maximum absolute atomic E-state index is 13.6. The predicted molar refractivity (Wildman–Crippen MR) is 129 cm³/mol. The van der Waals surface area contributed by atoms with Crippen LogP contribution in [-0.4, -0.2) is 14.9 Å². The lowest BCUT2D eigenvalue weighted by atomic mass is 9.94. The Balaban J connectivity index is 1.82. The van der Waals surface area contributed by atoms with Gasteiger partial charge in [0.1, 0.15) is 5.75 Å². The van der Waals surface area contributed by atoms with Gasteiger partial charge in [0.15, 0.2) is 0 Å². The van der Waals surface area contributed by atoms with Gasteiger partial charge in [-0.1, -0.05) is 77.8 Å². The number of aromatic nitrogens is 2. The van der Waals surface area contributed by atoms with Crippen molar-refractivity contribution in [1.29, 1.82) is 0 Å². The Labute approximate surface area is 192 Å². The average Bonchev–Trinajstić information content (AvgIpc) is 2.77. The minimum absolute atomic E-state index is 0.137. The molecule has 1 aromatic heterocycles. The number of nitrogens with zero attached hydrogens (tertiary/aromatic N) is 2. The molecule has 5 heteroatoms. The van der Waals surface area contributed by atoms with Crippen LogP contribution in [0, 0.1) is 13.8 Å². The van der Waals surface area contributed by atoms with E-state index < -0.39 is 0 Å². The van der Waals surface area contributed by atoms with Crippen molar-refractivity contribution in [2.24, 2.45) is 0 Å². The van der Waals surface area contributed by atoms with Gasteiger partial charge in [-0.2, -0.15) is 5.10 Å². The summed E-state index contributed by atoms with van der Waals surface area (Å²) in [5, 5.41) is 15.7. The molecule has 0 spiro atoms. The third kappa shape index (κ3) is 4.61. The van der Waals surface area contributed by atoms with Gasteiger partial charge in [-0.15, -0.1) is 0 Å². The van der Waals surface area contributed by atoms with Crippen LogP contribution in [0.4, 0.5) is 0 Å². The number of halogens is 1. The number of hydrogen-bond donors (Lipinski definition) is 1. The third-order valence-corrected chi connectivity index (χ3v) is 5.99. The molecule has 1 N–H and O–H groups in total. The third-order valence-electron chi connectivity index (χ3n) is 5.62. The molecular formula is C27H25ClN2O2. The number of para-hydroxylation sites is 1. The van der Waals surface area contributed by atoms with Crippen molar-refractivity contribution in [3.05, 3.63) is 116 Å². The summed E-state index contributed by atoms with van der Waals surface area (Å²) in [5.41, 5.74) is 5.69. The van der Waals surface area contributed by atoms with E-state index in [2.05, 4.69) is 30.2 Å². The van der Waals surface area contributed by atoms with Gasteiger partial charge >= 0.3 is 0 Å². The van der Waals surface area contributed by atoms with Gasteiger partial charge in [0.25, 0.3) is 5.56 Å². The van der Waals surface area contributed by atoms with Gasteiger partial charge in [-0.3, -0.25) is 4.79 Å². The van der Waals surface area contributed by atoms with Gasteiger partial charge in [0.05, 0.1) is 12.2 Å². The smallest absolute Gasteiger partial charge is 0.270 e. The molecule has 0 radical (unpaired) electrons. The van der Waals surface area contributed by atoms with Crippen molar-refractivity contribution in [3.8, 4) is 16.9 Å². The van der Waals surface area contributed by atoms with Crippen LogP contribution in [0.2, 0.25) is 5.02 Å². The second kappa shape index (κ2) is 9.41. The molecule has 0 aliphatic rings. The summed E-state index contributed by atoms with van der Waals surface area (Å²) in [7, 11) is 0. The van der Waals surface area contributed by atoms with E-state index in [1.807, 2.05) is 49.4 Å². The summed E-state index contributed by atoms with van der Waals surface area (Å²) < 4.78 is 1.48. The standard InChI is InChI=1S/C27H25ClN2O2/c1-18-8-7-9-20(16-18)14-15-23-26(22-11-4-6-13-25(22)31)19(2)29-30(27(23)32)17-21-10-3-5-12-24(21)28/h3-13,16,31H,14-15,17H2,1-2H3. The normalized spacial score (nSPS) is 11.0. The van der Waals surface area contributed by atoms with Gasteiger partial charge in [0, 0.05) is 21.7 Å². The predicted octanol–water partition coefficient (Wildman–Crippen LogP) is 5.72. The molecule has 0 atom stereocenters. The van der Waals surface area contributed by atoms with Gasteiger partial charge < -0.3 is 5.11 Å². The molecule has 0 bridgehead atoms. The first-order valence-electron chi connectivity index (χ1n) is 10.6. The number of phenols is 1. The molecule has 0 fully saturated rings. The lowest BCUT2D eigenvalue weighted by Crippen LogP contribution is -2.29. The quantitative estimate of drug-likeness (QED) is 0.413. The van der Waals surface area contributed by atoms with E-state index in [1.165, 1.54) is 15.8 Å². The lowest BCUT2D eigenvalue weighted by Gasteiger charge is -2.17. The molecular weight excluding hydrogens is 420 g/mol. The highest BCUT2D eigenvalue weighted by Gasteiger charge is 2.19. The largest absolute Gasteiger partial charge is 0.507 e. The molecule has 4 rings (SSSR count). The van der Waals surface area contributed by atoms with Gasteiger partial charge in [-0.05, 0) is 49.9 Å². The fraction of sp³-hybridized carbons (Fsp3) is 0.185. The Morgan fingerprint density at radius 1 is 0.938 bits per heavy atom. The molecule has 4 nitrogen and oxygen atoms in total. The van der Waals surface area contributed by atoms with Crippen molar-refractivity contribution in [2.45, 2.75) is 33.2 Å². The number of aromatic hydroxyl groups is 1. The van der Waals surface area contributed by atoms with Crippen molar-refractivity contribution in [2.75, 3.05) is 0 Å². The van der Waals surface area contributed by atoms with E-state index >= 15 is 0 Å². The fourth-order valence-electron chi connectivity index (χ4n) is 4.06. The van der Waals surface area contributed by atoms with Crippen LogP contribution >= 0.6 is 11.6 Å². The maximum atomic E-state index is 13.6. The highest BCUT2D eigenvalue weighted by molar-refractivity contribution is 6.31. The van der Waals surface area contributed by atoms with Crippen LogP contribution in [-0.2, 0) is 19.4 Å². The molecule has 3 aromatic carbocycles. The molecule has 0 aliphatic carbocycles. The van der Waals surface area contributed by atoms with E-state index in [-0.39, 0.29) is 17.9 Å². The average molecular weight is 445 g/mol. The summed E-state index contributed by atoms with van der Waals surface area (Å²) in [6.45, 7) is 4.22. The minimum atomic E-state index is -0.165. The fourth-order valence-corrected chi connectivity index (χ4v) is 4.26. The van der Waals surface area contributed by atoms with Crippen molar-refractivity contribution < 1.29 is 5.11 Å². The van der Waals surface area contributed by atoms with E-state index in [9.17, 15) is 9.90 Å². The first-order valence-corrected chi connectivity index (χ1v) is 11.0. The SMILES string of the molecule is Cc1cccc(CCc2c(-c3ccccc3O)c(C)nn(Cc3ccccc3Cl)c2=O)c1. The van der Waals surface area contributed by atoms with Crippen molar-refractivity contribution in [1.82, 2.24) is 9.78 Å². The Bertz CT molecular complexity index is 1330. The number of benzene rings is 3. The van der Waals surface area contributed by atoms with Gasteiger partial charge in [0.2, 0.25) is 0 Å². The highest BCUT2D eigenvalue weighted by atomic mass is 35.5. The van der Waals surface area contributed by atoms with Crippen LogP contribution in [0.1, 0.15) is 27.9 Å². The highest BCUT2D eigenvalue weighted by Crippen LogP contribution is 2.32. The van der Waals surface area contributed by atoms with Crippen LogP contribution < -0.4 is 5.56 Å². The van der Waals surface area contributed by atoms with Crippen LogP contribution in [0.3, 0.4) is 0 Å². The Hall–Kier alpha value is -3.37. The second-order valence-corrected chi connectivity index (χ2v) is 8.41. The topological polar surface area (TPSA) is 55.1 Å². The molecule has 162 valence electrons. The molecule has 1 heterocycles. The lowest BCUT2D eigenvalue weighted by molar-refractivity contribution is 0.477. The second-order valence-electron chi connectivity index (χ2n) is 8.00. The number of aryl methyl sites for hydroxylation is 3. The van der Waals surface area contributed by atoms with E-state index in [1.54, 1.807) is 12.1 Å². The van der Waals surface area contributed by atoms with Crippen LogP contribution in [0.15, 0.2) is 77.6 Å². The number of hydrogen-bond acceptors (Lipinski definition) is 3. The van der Waals surface area contributed by atoms with E-state index in [4.69, 9.17) is 11.6 Å². The molecule has 0 saturated heterocycles. The first-order chi connectivity index (χ1) is 15.4. The van der Waals surface area contributed by atoms with Crippen LogP contribution in [0.25, 0.3) is 11.1 Å². The number of phenolic OH excluding ortho intramolecular Hbond substituents is 1. The summed E-state index contributed by atoms with van der Waals surface area (Å²) in [6.07, 6.45) is 1.25. The molecule has 0 amide bonds. The maximum Gasteiger partial charge on any atom is 0.270 e. The molecule has 0 aliphatic heterocycles. The minimum Gasteiger partial charge on any atom is -0.507 e. The summed E-state index contributed by atoms with van der Waals surface area (Å²) in [6, 6.07) is 22.8. The molecule has 0 unspecified atom stereocenters. The zero-order valence-electron chi connectivity index (χ0n) is 18.2. The van der Waals surface area contributed by atoms with Crippen molar-refractivity contribution in [3.63, 3.8) is 0 Å². The molecule has 32 heavy (non-hydrogen) atoms. The summed E-state index contributed by atoms with van der Waals surface area (Å²) in [4.78, 5) is 13.6. The van der Waals surface area contributed by atoms with E-state index in [0.717, 1.165) is 5.56 Å². The van der Waals surface area contributed by atoms with Gasteiger partial charge in [-0.25, -0.2) is 4.68 Å². The molecule has 4 aromatic rings. The monoisotopic (exact) mass is 444 g/mol. The summed E-state index contributed by atoms with van der Waals surface area (Å²) in [5.74, 6) is 0.137. The van der Waals surface area contributed by atoms with Crippen molar-refractivity contribution >= 4 is 11.6 Å². The first kappa shape index (κ1) is 21.8. The van der Waals surface area contributed by atoms with Crippen LogP contribution in [0.5, 0.6) is 5.75 Å². The Kier molecular flexibility index (Phi) is 6.42. The summed E-state index contributed by atoms with van der Waals surface area (Å²) >= 11 is 6.33. The number of rotatable bonds is 6. The zero-order valence-corrected chi connectivity index (χ0v) is 18.9. The Morgan fingerprint density at radius 3 is 2.44 bits per heavy atom. The Morgan fingerprint density at radius 2 is 1.69 bits per heavy atom. The zero-order chi connectivity index (χ0) is 22.7.